The highest BCUT2D eigenvalue weighted by atomic mass is 16.2. The maximum atomic E-state index is 11.9. The second kappa shape index (κ2) is 9.43. The van der Waals surface area contributed by atoms with Crippen LogP contribution in [0.1, 0.15) is 31.7 Å². The second-order valence-electron chi connectivity index (χ2n) is 6.90. The van der Waals surface area contributed by atoms with E-state index in [0.29, 0.717) is 18.4 Å². The van der Waals surface area contributed by atoms with Crippen LogP contribution in [0, 0.1) is 5.92 Å². The second-order valence-corrected chi connectivity index (χ2v) is 6.90. The van der Waals surface area contributed by atoms with Gasteiger partial charge in [-0.2, -0.15) is 0 Å². The fourth-order valence-electron chi connectivity index (χ4n) is 3.03. The van der Waals surface area contributed by atoms with Gasteiger partial charge in [-0.15, -0.1) is 0 Å². The number of allylic oxidation sites excluding steroid dienone is 3. The zero-order valence-corrected chi connectivity index (χ0v) is 15.2. The number of hydrogen-bond donors (Lipinski definition) is 0. The number of nitrogens with zero attached hydrogens (tertiary/aromatic N) is 2. The molecule has 0 heterocycles. The number of carbonyl (C=O) groups is 1. The third-order valence-corrected chi connectivity index (χ3v) is 4.66. The molecule has 0 radical (unpaired) electrons. The van der Waals surface area contributed by atoms with E-state index in [1.807, 2.05) is 14.1 Å². The van der Waals surface area contributed by atoms with Crippen LogP contribution in [-0.2, 0) is 11.3 Å². The Bertz CT molecular complexity index is 562. The van der Waals surface area contributed by atoms with Crippen molar-refractivity contribution in [3.8, 4) is 0 Å². The number of hydrogen-bond acceptors (Lipinski definition) is 2. The molecule has 24 heavy (non-hydrogen) atoms. The van der Waals surface area contributed by atoms with Gasteiger partial charge in [0.05, 0.1) is 0 Å². The van der Waals surface area contributed by atoms with Crippen molar-refractivity contribution in [1.82, 2.24) is 9.80 Å². The highest BCUT2D eigenvalue weighted by molar-refractivity contribution is 5.75. The van der Waals surface area contributed by atoms with Crippen LogP contribution in [0.3, 0.4) is 0 Å². The third-order valence-electron chi connectivity index (χ3n) is 4.66. The summed E-state index contributed by atoms with van der Waals surface area (Å²) in [5.74, 6) is 0.771. The van der Waals surface area contributed by atoms with Crippen LogP contribution in [0.25, 0.3) is 0 Å². The van der Waals surface area contributed by atoms with E-state index in [1.54, 1.807) is 4.90 Å². The summed E-state index contributed by atoms with van der Waals surface area (Å²) in [5, 5.41) is 0. The lowest BCUT2D eigenvalue weighted by molar-refractivity contribution is -0.129. The molecule has 3 heteroatoms. The SMILES string of the molecule is CC(CCC(=O)N(C)C)N(Cc1ccccc1)CC1C=CC=CC1. The summed E-state index contributed by atoms with van der Waals surface area (Å²) >= 11 is 0. The molecule has 0 bridgehead atoms. The summed E-state index contributed by atoms with van der Waals surface area (Å²) in [7, 11) is 3.65. The van der Waals surface area contributed by atoms with Gasteiger partial charge in [0.15, 0.2) is 0 Å². The van der Waals surface area contributed by atoms with Gasteiger partial charge in [0, 0.05) is 39.6 Å². The molecule has 1 aromatic carbocycles. The standard InChI is InChI=1S/C21H30N2O/c1-18(14-15-21(24)22(2)3)23(16-19-10-6-4-7-11-19)17-20-12-8-5-9-13-20/h4-12,18,20H,13-17H2,1-3H3. The van der Waals surface area contributed by atoms with Crippen molar-refractivity contribution in [3.05, 3.63) is 60.2 Å². The Hall–Kier alpha value is -1.87. The number of rotatable bonds is 8. The molecule has 1 aromatic rings. The van der Waals surface area contributed by atoms with Crippen molar-refractivity contribution >= 4 is 5.91 Å². The van der Waals surface area contributed by atoms with Crippen molar-refractivity contribution in [2.45, 2.75) is 38.8 Å². The maximum Gasteiger partial charge on any atom is 0.222 e. The first-order chi connectivity index (χ1) is 11.6. The molecule has 2 unspecified atom stereocenters. The quantitative estimate of drug-likeness (QED) is 0.724. The normalized spacial score (nSPS) is 17.9. The smallest absolute Gasteiger partial charge is 0.222 e. The first-order valence-electron chi connectivity index (χ1n) is 8.87. The molecule has 0 fully saturated rings. The van der Waals surface area contributed by atoms with Gasteiger partial charge in [0.2, 0.25) is 5.91 Å². The lowest BCUT2D eigenvalue weighted by Gasteiger charge is -2.32. The Balaban J connectivity index is 1.99. The van der Waals surface area contributed by atoms with Crippen LogP contribution in [-0.4, -0.2) is 42.4 Å². The van der Waals surface area contributed by atoms with E-state index in [-0.39, 0.29) is 5.91 Å². The minimum Gasteiger partial charge on any atom is -0.349 e. The predicted molar refractivity (Wildman–Crippen MR) is 101 cm³/mol. The van der Waals surface area contributed by atoms with E-state index >= 15 is 0 Å². The Morgan fingerprint density at radius 1 is 1.21 bits per heavy atom. The molecular weight excluding hydrogens is 296 g/mol. The van der Waals surface area contributed by atoms with Gasteiger partial charge in [0.1, 0.15) is 0 Å². The Morgan fingerprint density at radius 2 is 1.96 bits per heavy atom. The molecule has 3 nitrogen and oxygen atoms in total. The van der Waals surface area contributed by atoms with Crippen molar-refractivity contribution in [2.75, 3.05) is 20.6 Å². The van der Waals surface area contributed by atoms with E-state index in [0.717, 1.165) is 25.9 Å². The van der Waals surface area contributed by atoms with E-state index in [2.05, 4.69) is 66.5 Å². The van der Waals surface area contributed by atoms with Crippen LogP contribution in [0.15, 0.2) is 54.6 Å². The summed E-state index contributed by atoms with van der Waals surface area (Å²) in [5.41, 5.74) is 1.33. The van der Waals surface area contributed by atoms with Crippen molar-refractivity contribution in [3.63, 3.8) is 0 Å². The van der Waals surface area contributed by atoms with E-state index in [1.165, 1.54) is 5.56 Å². The monoisotopic (exact) mass is 326 g/mol. The van der Waals surface area contributed by atoms with Gasteiger partial charge >= 0.3 is 0 Å². The van der Waals surface area contributed by atoms with E-state index < -0.39 is 0 Å². The van der Waals surface area contributed by atoms with Gasteiger partial charge in [-0.3, -0.25) is 9.69 Å². The van der Waals surface area contributed by atoms with Crippen LogP contribution in [0.5, 0.6) is 0 Å². The minimum absolute atomic E-state index is 0.210. The predicted octanol–water partition coefficient (Wildman–Crippen LogP) is 3.88. The average Bonchev–Trinajstić information content (AvgIpc) is 2.60. The molecule has 2 atom stereocenters. The fraction of sp³-hybridized carbons (Fsp3) is 0.476. The molecule has 130 valence electrons. The Morgan fingerprint density at radius 3 is 2.58 bits per heavy atom. The maximum absolute atomic E-state index is 11.9. The van der Waals surface area contributed by atoms with Gasteiger partial charge in [-0.1, -0.05) is 54.6 Å². The zero-order valence-electron chi connectivity index (χ0n) is 15.2. The van der Waals surface area contributed by atoms with Crippen LogP contribution < -0.4 is 0 Å². The minimum atomic E-state index is 0.210. The van der Waals surface area contributed by atoms with Gasteiger partial charge in [-0.25, -0.2) is 0 Å². The largest absolute Gasteiger partial charge is 0.349 e. The summed E-state index contributed by atoms with van der Waals surface area (Å²) < 4.78 is 0. The fourth-order valence-corrected chi connectivity index (χ4v) is 3.03. The molecule has 1 aliphatic carbocycles. The van der Waals surface area contributed by atoms with Gasteiger partial charge < -0.3 is 4.90 Å². The topological polar surface area (TPSA) is 23.6 Å². The van der Waals surface area contributed by atoms with Crippen molar-refractivity contribution in [1.29, 1.82) is 0 Å². The molecule has 0 saturated carbocycles. The summed E-state index contributed by atoms with van der Waals surface area (Å²) in [6.07, 6.45) is 11.4. The molecule has 0 aliphatic heterocycles. The van der Waals surface area contributed by atoms with Crippen LogP contribution in [0.4, 0.5) is 0 Å². The first-order valence-corrected chi connectivity index (χ1v) is 8.87. The average molecular weight is 326 g/mol. The highest BCUT2D eigenvalue weighted by Crippen LogP contribution is 2.19. The summed E-state index contributed by atoms with van der Waals surface area (Å²) in [6, 6.07) is 11.0. The van der Waals surface area contributed by atoms with E-state index in [4.69, 9.17) is 0 Å². The number of amides is 1. The molecule has 0 spiro atoms. The summed E-state index contributed by atoms with van der Waals surface area (Å²) in [4.78, 5) is 16.1. The molecular formula is C21H30N2O. The molecule has 0 saturated heterocycles. The van der Waals surface area contributed by atoms with Crippen molar-refractivity contribution in [2.24, 2.45) is 5.92 Å². The molecule has 0 N–H and O–H groups in total. The Labute approximate surface area is 146 Å². The molecule has 0 aromatic heterocycles. The van der Waals surface area contributed by atoms with Crippen molar-refractivity contribution < 1.29 is 4.79 Å². The lowest BCUT2D eigenvalue weighted by atomic mass is 9.98. The highest BCUT2D eigenvalue weighted by Gasteiger charge is 2.19. The van der Waals surface area contributed by atoms with Gasteiger partial charge in [-0.05, 0) is 31.2 Å². The molecule has 2 rings (SSSR count). The lowest BCUT2D eigenvalue weighted by Crippen LogP contribution is -2.37. The number of benzene rings is 1. The Kier molecular flexibility index (Phi) is 7.26. The molecule has 1 amide bonds. The van der Waals surface area contributed by atoms with Crippen LogP contribution in [0.2, 0.25) is 0 Å². The zero-order chi connectivity index (χ0) is 17.4. The van der Waals surface area contributed by atoms with Gasteiger partial charge in [0.25, 0.3) is 0 Å². The van der Waals surface area contributed by atoms with E-state index in [9.17, 15) is 4.79 Å². The number of carbonyl (C=O) groups excluding carboxylic acids is 1. The summed E-state index contributed by atoms with van der Waals surface area (Å²) in [6.45, 7) is 4.22. The third kappa shape index (κ3) is 5.97. The first kappa shape index (κ1) is 18.5. The van der Waals surface area contributed by atoms with Crippen LogP contribution >= 0.6 is 0 Å². The molecule has 1 aliphatic rings.